The zero-order valence-corrected chi connectivity index (χ0v) is 14.3. The number of carbonyl (C=O) groups is 1. The van der Waals surface area contributed by atoms with E-state index in [9.17, 15) is 4.79 Å². The molecule has 1 fully saturated rings. The van der Waals surface area contributed by atoms with Crippen molar-refractivity contribution in [2.45, 2.75) is 58.2 Å². The highest BCUT2D eigenvalue weighted by atomic mass is 28.4. The van der Waals surface area contributed by atoms with Crippen LogP contribution in [0.2, 0.25) is 18.1 Å². The molecule has 1 aromatic rings. The van der Waals surface area contributed by atoms with Crippen LogP contribution in [0.4, 0.5) is 0 Å². The van der Waals surface area contributed by atoms with Crippen LogP contribution in [0.3, 0.4) is 0 Å². The monoisotopic (exact) mass is 290 g/mol. The zero-order chi connectivity index (χ0) is 15.0. The van der Waals surface area contributed by atoms with Crippen molar-refractivity contribution in [1.82, 2.24) is 0 Å². The number of benzene rings is 1. The van der Waals surface area contributed by atoms with Gasteiger partial charge in [-0.15, -0.1) is 0 Å². The smallest absolute Gasteiger partial charge is 0.250 e. The van der Waals surface area contributed by atoms with Crippen molar-refractivity contribution in [2.24, 2.45) is 5.92 Å². The van der Waals surface area contributed by atoms with Crippen LogP contribution in [-0.4, -0.2) is 14.1 Å². The standard InChI is InChI=1S/C17H26O2Si/c1-17(2,3)20(4,5)19-15-10-8-14(9-11-15)16(18)12-13-6-7-13/h8-11,13H,6-7,12H2,1-5H3. The number of hydrogen-bond donors (Lipinski definition) is 0. The van der Waals surface area contributed by atoms with Crippen molar-refractivity contribution < 1.29 is 9.22 Å². The third kappa shape index (κ3) is 3.72. The van der Waals surface area contributed by atoms with E-state index in [1.807, 2.05) is 24.3 Å². The van der Waals surface area contributed by atoms with Crippen LogP contribution in [0.15, 0.2) is 24.3 Å². The van der Waals surface area contributed by atoms with Gasteiger partial charge in [-0.25, -0.2) is 0 Å². The third-order valence-corrected chi connectivity index (χ3v) is 8.88. The molecule has 0 radical (unpaired) electrons. The molecule has 1 aliphatic carbocycles. The maximum absolute atomic E-state index is 12.0. The second kappa shape index (κ2) is 5.36. The Hall–Kier alpha value is -1.09. The van der Waals surface area contributed by atoms with Crippen LogP contribution in [0.25, 0.3) is 0 Å². The van der Waals surface area contributed by atoms with E-state index in [0.29, 0.717) is 12.3 Å². The Morgan fingerprint density at radius 2 is 1.75 bits per heavy atom. The van der Waals surface area contributed by atoms with Crippen molar-refractivity contribution in [3.05, 3.63) is 29.8 Å². The van der Waals surface area contributed by atoms with Gasteiger partial charge in [0, 0.05) is 12.0 Å². The summed E-state index contributed by atoms with van der Waals surface area (Å²) in [5.41, 5.74) is 0.819. The van der Waals surface area contributed by atoms with E-state index in [1.54, 1.807) is 0 Å². The van der Waals surface area contributed by atoms with Gasteiger partial charge in [-0.2, -0.15) is 0 Å². The summed E-state index contributed by atoms with van der Waals surface area (Å²) in [6.07, 6.45) is 3.15. The van der Waals surface area contributed by atoms with E-state index in [-0.39, 0.29) is 10.8 Å². The molecular formula is C17H26O2Si. The summed E-state index contributed by atoms with van der Waals surface area (Å²) in [6, 6.07) is 7.71. The molecule has 2 rings (SSSR count). The molecule has 0 unspecified atom stereocenters. The van der Waals surface area contributed by atoms with Crippen LogP contribution in [0.1, 0.15) is 50.4 Å². The van der Waals surface area contributed by atoms with Gasteiger partial charge in [0.25, 0.3) is 0 Å². The van der Waals surface area contributed by atoms with Gasteiger partial charge in [0.1, 0.15) is 5.75 Å². The fraction of sp³-hybridized carbons (Fsp3) is 0.588. The summed E-state index contributed by atoms with van der Waals surface area (Å²) >= 11 is 0. The Morgan fingerprint density at radius 1 is 1.20 bits per heavy atom. The minimum absolute atomic E-state index is 0.188. The molecule has 1 aromatic carbocycles. The number of rotatable bonds is 5. The van der Waals surface area contributed by atoms with E-state index < -0.39 is 8.32 Å². The third-order valence-electron chi connectivity index (χ3n) is 4.53. The summed E-state index contributed by atoms with van der Waals surface area (Å²) in [7, 11) is -1.79. The van der Waals surface area contributed by atoms with E-state index >= 15 is 0 Å². The Balaban J connectivity index is 2.02. The first-order valence-electron chi connectivity index (χ1n) is 7.51. The molecule has 3 heteroatoms. The first-order valence-corrected chi connectivity index (χ1v) is 10.4. The van der Waals surface area contributed by atoms with Gasteiger partial charge in [0.05, 0.1) is 0 Å². The van der Waals surface area contributed by atoms with Gasteiger partial charge in [-0.3, -0.25) is 4.79 Å². The lowest BCUT2D eigenvalue weighted by atomic mass is 10.1. The van der Waals surface area contributed by atoms with Gasteiger partial charge < -0.3 is 4.43 Å². The largest absolute Gasteiger partial charge is 0.544 e. The SMILES string of the molecule is CC(C)(C)[Si](C)(C)Oc1ccc(C(=O)CC2CC2)cc1. The van der Waals surface area contributed by atoms with Crippen molar-refractivity contribution in [3.63, 3.8) is 0 Å². The average Bonchev–Trinajstić information content (AvgIpc) is 3.11. The predicted molar refractivity (Wildman–Crippen MR) is 85.9 cm³/mol. The minimum atomic E-state index is -1.79. The highest BCUT2D eigenvalue weighted by Crippen LogP contribution is 2.37. The van der Waals surface area contributed by atoms with Gasteiger partial charge >= 0.3 is 0 Å². The summed E-state index contributed by atoms with van der Waals surface area (Å²) in [6.45, 7) is 11.2. The van der Waals surface area contributed by atoms with Crippen LogP contribution < -0.4 is 4.43 Å². The van der Waals surface area contributed by atoms with Gasteiger partial charge in [0.2, 0.25) is 8.32 Å². The van der Waals surface area contributed by atoms with Crippen molar-refractivity contribution in [3.8, 4) is 5.75 Å². The molecule has 2 nitrogen and oxygen atoms in total. The maximum Gasteiger partial charge on any atom is 0.250 e. The Bertz CT molecular complexity index is 479. The lowest BCUT2D eigenvalue weighted by molar-refractivity contribution is 0.0976. The quantitative estimate of drug-likeness (QED) is 0.560. The molecular weight excluding hydrogens is 264 g/mol. The molecule has 0 spiro atoms. The Kier molecular flexibility index (Phi) is 4.10. The molecule has 110 valence electrons. The van der Waals surface area contributed by atoms with E-state index in [1.165, 1.54) is 12.8 Å². The summed E-state index contributed by atoms with van der Waals surface area (Å²) < 4.78 is 6.22. The molecule has 1 saturated carbocycles. The first kappa shape index (κ1) is 15.3. The summed E-state index contributed by atoms with van der Waals surface area (Å²) in [5, 5.41) is 0.188. The van der Waals surface area contributed by atoms with Crippen molar-refractivity contribution >= 4 is 14.1 Å². The van der Waals surface area contributed by atoms with Gasteiger partial charge in [0.15, 0.2) is 5.78 Å². The van der Waals surface area contributed by atoms with Crippen molar-refractivity contribution in [2.75, 3.05) is 0 Å². The van der Waals surface area contributed by atoms with Gasteiger partial charge in [-0.05, 0) is 61.2 Å². The predicted octanol–water partition coefficient (Wildman–Crippen LogP) is 5.05. The Morgan fingerprint density at radius 3 is 2.20 bits per heavy atom. The highest BCUT2D eigenvalue weighted by Gasteiger charge is 2.38. The summed E-state index contributed by atoms with van der Waals surface area (Å²) in [5.74, 6) is 1.80. The number of hydrogen-bond acceptors (Lipinski definition) is 2. The molecule has 0 amide bonds. The van der Waals surface area contributed by atoms with E-state index in [4.69, 9.17) is 4.43 Å². The Labute approximate surface area is 123 Å². The maximum atomic E-state index is 12.0. The molecule has 0 heterocycles. The number of Topliss-reactive ketones (excluding diaryl/α,β-unsaturated/α-hetero) is 1. The van der Waals surface area contributed by atoms with Crippen LogP contribution in [0.5, 0.6) is 5.75 Å². The molecule has 0 saturated heterocycles. The topological polar surface area (TPSA) is 26.3 Å². The normalized spacial score (nSPS) is 16.1. The fourth-order valence-electron chi connectivity index (χ4n) is 1.86. The second-order valence-corrected chi connectivity index (χ2v) is 12.2. The first-order chi connectivity index (χ1) is 9.19. The second-order valence-electron chi connectivity index (χ2n) is 7.46. The zero-order valence-electron chi connectivity index (χ0n) is 13.3. The molecule has 0 atom stereocenters. The highest BCUT2D eigenvalue weighted by molar-refractivity contribution is 6.74. The minimum Gasteiger partial charge on any atom is -0.544 e. The van der Waals surface area contributed by atoms with Crippen molar-refractivity contribution in [1.29, 1.82) is 0 Å². The summed E-state index contributed by atoms with van der Waals surface area (Å²) in [4.78, 5) is 12.0. The van der Waals surface area contributed by atoms with E-state index in [0.717, 1.165) is 11.3 Å². The molecule has 0 bridgehead atoms. The van der Waals surface area contributed by atoms with E-state index in [2.05, 4.69) is 33.9 Å². The van der Waals surface area contributed by atoms with Crippen LogP contribution >= 0.6 is 0 Å². The number of ketones is 1. The fourth-order valence-corrected chi connectivity index (χ4v) is 2.89. The van der Waals surface area contributed by atoms with Crippen LogP contribution in [-0.2, 0) is 0 Å². The molecule has 20 heavy (non-hydrogen) atoms. The number of carbonyl (C=O) groups excluding carboxylic acids is 1. The molecule has 0 N–H and O–H groups in total. The average molecular weight is 290 g/mol. The molecule has 0 aromatic heterocycles. The van der Waals surface area contributed by atoms with Gasteiger partial charge in [-0.1, -0.05) is 20.8 Å². The van der Waals surface area contributed by atoms with Crippen LogP contribution in [0, 0.1) is 5.92 Å². The lowest BCUT2D eigenvalue weighted by Gasteiger charge is -2.36. The molecule has 1 aliphatic rings. The lowest BCUT2D eigenvalue weighted by Crippen LogP contribution is -2.43. The molecule has 0 aliphatic heterocycles.